The van der Waals surface area contributed by atoms with Crippen LogP contribution in [0.2, 0.25) is 5.02 Å². The van der Waals surface area contributed by atoms with Gasteiger partial charge in [0.1, 0.15) is 5.82 Å². The summed E-state index contributed by atoms with van der Waals surface area (Å²) in [7, 11) is -2.51. The molecule has 0 spiro atoms. The predicted molar refractivity (Wildman–Crippen MR) is 168 cm³/mol. The van der Waals surface area contributed by atoms with Gasteiger partial charge >= 0.3 is 5.97 Å². The minimum atomic E-state index is -3.89. The molecule has 42 heavy (non-hydrogen) atoms. The van der Waals surface area contributed by atoms with Crippen molar-refractivity contribution in [2.24, 2.45) is 0 Å². The van der Waals surface area contributed by atoms with Crippen molar-refractivity contribution in [3.05, 3.63) is 108 Å². The van der Waals surface area contributed by atoms with Gasteiger partial charge in [-0.25, -0.2) is 13.4 Å². The predicted octanol–water partition coefficient (Wildman–Crippen LogP) is 7.66. The Balaban J connectivity index is 1.53. The van der Waals surface area contributed by atoms with Gasteiger partial charge in [-0.15, -0.1) is 0 Å². The maximum absolute atomic E-state index is 13.9. The maximum atomic E-state index is 13.9. The molecule has 4 aromatic carbocycles. The third kappa shape index (κ3) is 6.50. The van der Waals surface area contributed by atoms with Crippen molar-refractivity contribution in [1.82, 2.24) is 9.55 Å². The lowest BCUT2D eigenvalue weighted by molar-refractivity contribution is -0.140. The monoisotopic (exact) mass is 601 g/mol. The van der Waals surface area contributed by atoms with Crippen molar-refractivity contribution in [3.63, 3.8) is 0 Å². The van der Waals surface area contributed by atoms with Crippen LogP contribution in [0.5, 0.6) is 0 Å². The van der Waals surface area contributed by atoms with E-state index in [1.165, 1.54) is 23.5 Å². The van der Waals surface area contributed by atoms with Gasteiger partial charge in [0, 0.05) is 29.2 Å². The summed E-state index contributed by atoms with van der Waals surface area (Å²) >= 11 is 6.05. The van der Waals surface area contributed by atoms with Gasteiger partial charge in [-0.05, 0) is 67.4 Å². The lowest BCUT2D eigenvalue weighted by atomic mass is 10.1. The molecule has 9 heteroatoms. The number of carbonyl (C=O) groups excluding carboxylic acids is 1. The number of carbonyl (C=O) groups is 1. The molecule has 0 saturated carbocycles. The minimum absolute atomic E-state index is 0.164. The van der Waals surface area contributed by atoms with Crippen LogP contribution in [0.4, 0.5) is 5.69 Å². The number of benzene rings is 4. The van der Waals surface area contributed by atoms with Crippen molar-refractivity contribution < 1.29 is 17.9 Å². The number of para-hydroxylation sites is 1. The van der Waals surface area contributed by atoms with Crippen LogP contribution < -0.4 is 4.31 Å². The number of hydrogen-bond acceptors (Lipinski definition) is 5. The number of ether oxygens (including phenoxy) is 1. The van der Waals surface area contributed by atoms with Crippen LogP contribution in [0.15, 0.2) is 108 Å². The Kier molecular flexibility index (Phi) is 9.25. The number of sulfonamides is 1. The summed E-state index contributed by atoms with van der Waals surface area (Å²) in [6, 6.07) is 31.7. The second-order valence-corrected chi connectivity index (χ2v) is 12.2. The Labute approximate surface area is 251 Å². The van der Waals surface area contributed by atoms with Crippen LogP contribution >= 0.6 is 11.6 Å². The molecule has 0 aliphatic carbocycles. The number of rotatable bonds is 12. The van der Waals surface area contributed by atoms with Crippen LogP contribution in [-0.4, -0.2) is 37.6 Å². The molecule has 0 amide bonds. The second-order valence-electron chi connectivity index (χ2n) is 9.92. The number of nitrogens with zero attached hydrogens (tertiary/aromatic N) is 3. The molecule has 0 atom stereocenters. The topological polar surface area (TPSA) is 81.5 Å². The van der Waals surface area contributed by atoms with Crippen LogP contribution in [0.3, 0.4) is 0 Å². The molecule has 216 valence electrons. The number of methoxy groups -OCH3 is 1. The third-order valence-electron chi connectivity index (χ3n) is 7.09. The lowest BCUT2D eigenvalue weighted by Crippen LogP contribution is -2.32. The van der Waals surface area contributed by atoms with Crippen molar-refractivity contribution >= 4 is 44.3 Å². The van der Waals surface area contributed by atoms with Crippen molar-refractivity contribution in [3.8, 4) is 17.1 Å². The standard InChI is InChI=1S/C33H32ClN3O4S/c1-41-32(38)16-10-2-3-11-23-36(42(39,40)29-20-17-26(34)18-21-29)28-19-22-31-30(24-28)35-33(25-12-6-4-7-13-25)37(31)27-14-8-5-9-15-27/h4-9,12-15,17-22,24H,2-3,10-11,16,23H2,1H3. The van der Waals surface area contributed by atoms with Gasteiger partial charge in [-0.1, -0.05) is 73.0 Å². The van der Waals surface area contributed by atoms with Crippen LogP contribution in [-0.2, 0) is 19.6 Å². The summed E-state index contributed by atoms with van der Waals surface area (Å²) in [5, 5.41) is 0.465. The zero-order valence-electron chi connectivity index (χ0n) is 23.3. The molecular weight excluding hydrogens is 570 g/mol. The number of hydrogen-bond donors (Lipinski definition) is 0. The average Bonchev–Trinajstić information content (AvgIpc) is 3.40. The highest BCUT2D eigenvalue weighted by Gasteiger charge is 2.26. The molecule has 0 fully saturated rings. The van der Waals surface area contributed by atoms with E-state index in [-0.39, 0.29) is 17.4 Å². The summed E-state index contributed by atoms with van der Waals surface area (Å²) in [5.41, 5.74) is 4.00. The summed E-state index contributed by atoms with van der Waals surface area (Å²) in [4.78, 5) is 16.6. The zero-order chi connectivity index (χ0) is 29.5. The van der Waals surface area contributed by atoms with Gasteiger partial charge in [0.15, 0.2) is 0 Å². The summed E-state index contributed by atoms with van der Waals surface area (Å²) in [5.74, 6) is 0.534. The first kappa shape index (κ1) is 29.4. The fourth-order valence-electron chi connectivity index (χ4n) is 4.95. The largest absolute Gasteiger partial charge is 0.469 e. The Hall–Kier alpha value is -4.14. The van der Waals surface area contributed by atoms with Crippen molar-refractivity contribution in [2.75, 3.05) is 18.0 Å². The second kappa shape index (κ2) is 13.2. The average molecular weight is 602 g/mol. The summed E-state index contributed by atoms with van der Waals surface area (Å²) in [6.07, 6.45) is 3.24. The van der Waals surface area contributed by atoms with E-state index in [1.54, 1.807) is 12.1 Å². The third-order valence-corrected chi connectivity index (χ3v) is 9.19. The SMILES string of the molecule is COC(=O)CCCCCCN(c1ccc2c(c1)nc(-c1ccccc1)n2-c1ccccc1)S(=O)(=O)c1ccc(Cl)cc1. The molecule has 0 N–H and O–H groups in total. The number of halogens is 1. The molecule has 1 heterocycles. The fraction of sp³-hybridized carbons (Fsp3) is 0.212. The number of unbranched alkanes of at least 4 members (excludes halogenated alkanes) is 3. The highest BCUT2D eigenvalue weighted by atomic mass is 35.5. The van der Waals surface area contributed by atoms with Crippen molar-refractivity contribution in [2.45, 2.75) is 37.0 Å². The Morgan fingerprint density at radius 1 is 0.857 bits per heavy atom. The van der Waals surface area contributed by atoms with Crippen LogP contribution in [0.1, 0.15) is 32.1 Å². The minimum Gasteiger partial charge on any atom is -0.469 e. The van der Waals surface area contributed by atoms with Gasteiger partial charge in [-0.2, -0.15) is 0 Å². The molecule has 0 aliphatic rings. The molecule has 0 radical (unpaired) electrons. The van der Waals surface area contributed by atoms with Crippen molar-refractivity contribution in [1.29, 1.82) is 0 Å². The van der Waals surface area contributed by atoms with E-state index >= 15 is 0 Å². The summed E-state index contributed by atoms with van der Waals surface area (Å²) < 4.78 is 36.1. The number of esters is 1. The van der Waals surface area contributed by atoms with E-state index in [0.717, 1.165) is 35.4 Å². The van der Waals surface area contributed by atoms with E-state index in [9.17, 15) is 13.2 Å². The number of anilines is 1. The highest BCUT2D eigenvalue weighted by molar-refractivity contribution is 7.92. The van der Waals surface area contributed by atoms with Gasteiger partial charge in [-0.3, -0.25) is 13.7 Å². The van der Waals surface area contributed by atoms with Gasteiger partial charge in [0.05, 0.1) is 28.7 Å². The molecule has 5 rings (SSSR count). The lowest BCUT2D eigenvalue weighted by Gasteiger charge is -2.25. The first-order valence-corrected chi connectivity index (χ1v) is 15.7. The Morgan fingerprint density at radius 2 is 1.52 bits per heavy atom. The van der Waals surface area contributed by atoms with Gasteiger partial charge in [0.25, 0.3) is 10.0 Å². The van der Waals surface area contributed by atoms with Crippen LogP contribution in [0.25, 0.3) is 28.1 Å². The smallest absolute Gasteiger partial charge is 0.305 e. The zero-order valence-corrected chi connectivity index (χ0v) is 24.9. The molecule has 0 saturated heterocycles. The van der Waals surface area contributed by atoms with Gasteiger partial charge < -0.3 is 4.74 Å². The molecule has 0 bridgehead atoms. The van der Waals surface area contributed by atoms with E-state index in [0.29, 0.717) is 35.5 Å². The number of imidazole rings is 1. The highest BCUT2D eigenvalue weighted by Crippen LogP contribution is 2.33. The Bertz CT molecular complexity index is 1760. The fourth-order valence-corrected chi connectivity index (χ4v) is 6.57. The quantitative estimate of drug-likeness (QED) is 0.108. The van der Waals surface area contributed by atoms with E-state index in [4.69, 9.17) is 21.3 Å². The normalized spacial score (nSPS) is 11.5. The van der Waals surface area contributed by atoms with Crippen LogP contribution in [0, 0.1) is 0 Å². The molecular formula is C33H32ClN3O4S. The molecule has 0 unspecified atom stereocenters. The molecule has 0 aliphatic heterocycles. The van der Waals surface area contributed by atoms with Gasteiger partial charge in [0.2, 0.25) is 0 Å². The first-order chi connectivity index (χ1) is 20.4. The number of fused-ring (bicyclic) bond motifs is 1. The molecule has 1 aromatic heterocycles. The van der Waals surface area contributed by atoms with E-state index < -0.39 is 10.0 Å². The molecule has 7 nitrogen and oxygen atoms in total. The Morgan fingerprint density at radius 3 is 2.21 bits per heavy atom. The molecule has 5 aromatic rings. The number of aromatic nitrogens is 2. The first-order valence-electron chi connectivity index (χ1n) is 13.9. The van der Waals surface area contributed by atoms with E-state index in [1.807, 2.05) is 78.9 Å². The summed E-state index contributed by atoms with van der Waals surface area (Å²) in [6.45, 7) is 0.277. The maximum Gasteiger partial charge on any atom is 0.305 e. The van der Waals surface area contributed by atoms with E-state index in [2.05, 4.69) is 4.57 Å².